The lowest BCUT2D eigenvalue weighted by molar-refractivity contribution is 0.0726. The number of fused-ring (bicyclic) bond motifs is 1. The number of nitrogens with one attached hydrogen (secondary N) is 1. The Hall–Kier alpha value is -2.71. The number of aromatic amines is 1. The number of para-hydroxylation sites is 1. The molecule has 5 rings (SSSR count). The van der Waals surface area contributed by atoms with Crippen molar-refractivity contribution in [2.45, 2.75) is 30.7 Å². The lowest BCUT2D eigenvalue weighted by atomic mass is 10.1. The van der Waals surface area contributed by atoms with Gasteiger partial charge in [0.05, 0.1) is 21.4 Å². The van der Waals surface area contributed by atoms with Gasteiger partial charge in [0.25, 0.3) is 5.91 Å². The van der Waals surface area contributed by atoms with Gasteiger partial charge < -0.3 is 9.88 Å². The predicted octanol–water partition coefficient (Wildman–Crippen LogP) is 5.83. The van der Waals surface area contributed by atoms with Crippen molar-refractivity contribution in [3.05, 3.63) is 64.8 Å². The summed E-state index contributed by atoms with van der Waals surface area (Å²) < 4.78 is 13.8. The van der Waals surface area contributed by atoms with E-state index in [0.717, 1.165) is 39.6 Å². The highest BCUT2D eigenvalue weighted by Gasteiger charge is 2.35. The molecule has 1 N–H and O–H groups in total. The first kappa shape index (κ1) is 20.2. The van der Waals surface area contributed by atoms with E-state index in [2.05, 4.69) is 16.0 Å². The fraction of sp³-hybridized carbons (Fsp3) is 0.261. The number of carbonyl (C=O) groups excluding carboxylic acids is 1. The monoisotopic (exact) mass is 452 g/mol. The molecule has 1 aliphatic heterocycles. The standard InChI is InChI=1S/C23H21FN4OS2/c1-13-25-20(21(31-13)14-6-3-7-15(24)12-14)23(29)28-11-5-9-17(28)22-26-16-8-4-10-18(30-2)19(16)27-22/h3-4,6-8,10,12,17H,5,9,11H2,1-2H3,(H,26,27). The highest BCUT2D eigenvalue weighted by molar-refractivity contribution is 7.98. The Bertz CT molecular complexity index is 1280. The summed E-state index contributed by atoms with van der Waals surface area (Å²) in [4.78, 5) is 30.1. The minimum atomic E-state index is -0.326. The first-order chi connectivity index (χ1) is 15.0. The maximum absolute atomic E-state index is 13.8. The van der Waals surface area contributed by atoms with E-state index < -0.39 is 0 Å². The third-order valence-corrected chi connectivity index (χ3v) is 7.36. The molecule has 0 saturated carbocycles. The van der Waals surface area contributed by atoms with Gasteiger partial charge in [-0.25, -0.2) is 14.4 Å². The van der Waals surface area contributed by atoms with Crippen LogP contribution in [0, 0.1) is 12.7 Å². The van der Waals surface area contributed by atoms with E-state index >= 15 is 0 Å². The van der Waals surface area contributed by atoms with Crippen molar-refractivity contribution < 1.29 is 9.18 Å². The summed E-state index contributed by atoms with van der Waals surface area (Å²) in [6.45, 7) is 2.52. The smallest absolute Gasteiger partial charge is 0.274 e. The lowest BCUT2D eigenvalue weighted by Gasteiger charge is -2.22. The number of hydrogen-bond donors (Lipinski definition) is 1. The lowest BCUT2D eigenvalue weighted by Crippen LogP contribution is -2.31. The summed E-state index contributed by atoms with van der Waals surface area (Å²) >= 11 is 3.08. The number of halogens is 1. The number of rotatable bonds is 4. The van der Waals surface area contributed by atoms with Crippen molar-refractivity contribution in [1.82, 2.24) is 19.9 Å². The Kier molecular flexibility index (Phi) is 5.27. The van der Waals surface area contributed by atoms with Gasteiger partial charge in [0.2, 0.25) is 0 Å². The van der Waals surface area contributed by atoms with E-state index in [4.69, 9.17) is 4.98 Å². The van der Waals surface area contributed by atoms with Crippen LogP contribution in [-0.2, 0) is 0 Å². The SMILES string of the molecule is CSc1cccc2[nH]c(C3CCCN3C(=O)c3nc(C)sc3-c3cccc(F)c3)nc12. The van der Waals surface area contributed by atoms with Gasteiger partial charge in [-0.1, -0.05) is 18.2 Å². The number of likely N-dealkylation sites (tertiary alicyclic amines) is 1. The molecule has 1 unspecified atom stereocenters. The summed E-state index contributed by atoms with van der Waals surface area (Å²) in [5, 5.41) is 0.784. The molecule has 1 aliphatic rings. The first-order valence-corrected chi connectivity index (χ1v) is 12.2. The number of hydrogen-bond acceptors (Lipinski definition) is 5. The molecule has 2 aromatic carbocycles. The maximum Gasteiger partial charge on any atom is 0.274 e. The van der Waals surface area contributed by atoms with Gasteiger partial charge in [0.1, 0.15) is 22.9 Å². The maximum atomic E-state index is 13.8. The summed E-state index contributed by atoms with van der Waals surface area (Å²) in [6, 6.07) is 12.3. The van der Waals surface area contributed by atoms with Crippen LogP contribution in [-0.4, -0.2) is 38.6 Å². The normalized spacial score (nSPS) is 16.4. The van der Waals surface area contributed by atoms with Crippen molar-refractivity contribution in [3.63, 3.8) is 0 Å². The predicted molar refractivity (Wildman–Crippen MR) is 123 cm³/mol. The zero-order chi connectivity index (χ0) is 21.5. The number of aromatic nitrogens is 3. The number of thiazole rings is 1. The number of imidazole rings is 1. The number of thioether (sulfide) groups is 1. The van der Waals surface area contributed by atoms with Crippen LogP contribution in [0.5, 0.6) is 0 Å². The van der Waals surface area contributed by atoms with E-state index in [1.807, 2.05) is 36.3 Å². The Morgan fingerprint density at radius 3 is 2.90 bits per heavy atom. The van der Waals surface area contributed by atoms with Crippen LogP contribution in [0.4, 0.5) is 4.39 Å². The van der Waals surface area contributed by atoms with Crippen LogP contribution in [0.15, 0.2) is 47.4 Å². The fourth-order valence-electron chi connectivity index (χ4n) is 4.17. The molecule has 0 bridgehead atoms. The van der Waals surface area contributed by atoms with Crippen molar-refractivity contribution in [3.8, 4) is 10.4 Å². The van der Waals surface area contributed by atoms with Crippen molar-refractivity contribution in [2.24, 2.45) is 0 Å². The van der Waals surface area contributed by atoms with Gasteiger partial charge in [-0.05, 0) is 55.9 Å². The quantitative estimate of drug-likeness (QED) is 0.396. The van der Waals surface area contributed by atoms with Crippen molar-refractivity contribution >= 4 is 40.0 Å². The molecule has 4 aromatic rings. The number of amides is 1. The molecular formula is C23H21FN4OS2. The van der Waals surface area contributed by atoms with E-state index in [1.165, 1.54) is 23.5 Å². The molecule has 2 aromatic heterocycles. The highest BCUT2D eigenvalue weighted by atomic mass is 32.2. The third-order valence-electron chi connectivity index (χ3n) is 5.57. The molecular weight excluding hydrogens is 431 g/mol. The number of aryl methyl sites for hydroxylation is 1. The molecule has 1 atom stereocenters. The Morgan fingerprint density at radius 2 is 2.10 bits per heavy atom. The fourth-order valence-corrected chi connectivity index (χ4v) is 5.65. The molecule has 8 heteroatoms. The molecule has 158 valence electrons. The highest BCUT2D eigenvalue weighted by Crippen LogP contribution is 2.37. The average Bonchev–Trinajstić information content (AvgIpc) is 3.50. The minimum Gasteiger partial charge on any atom is -0.340 e. The van der Waals surface area contributed by atoms with E-state index in [-0.39, 0.29) is 17.8 Å². The van der Waals surface area contributed by atoms with Crippen molar-refractivity contribution in [2.75, 3.05) is 12.8 Å². The second-order valence-electron chi connectivity index (χ2n) is 7.56. The number of carbonyl (C=O) groups is 1. The van der Waals surface area contributed by atoms with E-state index in [1.54, 1.807) is 17.8 Å². The van der Waals surface area contributed by atoms with Gasteiger partial charge in [0.15, 0.2) is 0 Å². The molecule has 31 heavy (non-hydrogen) atoms. The van der Waals surface area contributed by atoms with Gasteiger partial charge in [-0.15, -0.1) is 23.1 Å². The molecule has 1 saturated heterocycles. The largest absolute Gasteiger partial charge is 0.340 e. The molecule has 0 radical (unpaired) electrons. The zero-order valence-electron chi connectivity index (χ0n) is 17.2. The van der Waals surface area contributed by atoms with Gasteiger partial charge in [-0.3, -0.25) is 4.79 Å². The van der Waals surface area contributed by atoms with Crippen molar-refractivity contribution in [1.29, 1.82) is 0 Å². The molecule has 1 amide bonds. The topological polar surface area (TPSA) is 61.9 Å². The van der Waals surface area contributed by atoms with Gasteiger partial charge in [-0.2, -0.15) is 0 Å². The van der Waals surface area contributed by atoms with Crippen LogP contribution < -0.4 is 0 Å². The molecule has 0 aliphatic carbocycles. The van der Waals surface area contributed by atoms with E-state index in [9.17, 15) is 9.18 Å². The second-order valence-corrected chi connectivity index (χ2v) is 9.61. The zero-order valence-corrected chi connectivity index (χ0v) is 18.8. The van der Waals surface area contributed by atoms with E-state index in [0.29, 0.717) is 22.7 Å². The number of benzene rings is 2. The summed E-state index contributed by atoms with van der Waals surface area (Å²) in [6.07, 6.45) is 3.78. The molecule has 1 fully saturated rings. The van der Waals surface area contributed by atoms with Crippen LogP contribution in [0.1, 0.15) is 40.2 Å². The summed E-state index contributed by atoms with van der Waals surface area (Å²) in [7, 11) is 0. The Balaban J connectivity index is 1.52. The van der Waals surface area contributed by atoms with Crippen LogP contribution in [0.3, 0.4) is 0 Å². The van der Waals surface area contributed by atoms with Crippen LogP contribution >= 0.6 is 23.1 Å². The number of nitrogens with zero attached hydrogens (tertiary/aromatic N) is 3. The molecule has 3 heterocycles. The summed E-state index contributed by atoms with van der Waals surface area (Å²) in [5.74, 6) is 0.353. The Labute approximate surface area is 187 Å². The second kappa shape index (κ2) is 8.09. The van der Waals surface area contributed by atoms with Crippen LogP contribution in [0.25, 0.3) is 21.5 Å². The molecule has 0 spiro atoms. The van der Waals surface area contributed by atoms with Gasteiger partial charge in [0, 0.05) is 11.4 Å². The number of H-pyrrole nitrogens is 1. The minimum absolute atomic E-state index is 0.128. The third kappa shape index (κ3) is 3.64. The van der Waals surface area contributed by atoms with Gasteiger partial charge >= 0.3 is 0 Å². The Morgan fingerprint density at radius 1 is 1.26 bits per heavy atom. The average molecular weight is 453 g/mol. The first-order valence-electron chi connectivity index (χ1n) is 10.1. The summed E-state index contributed by atoms with van der Waals surface area (Å²) in [5.41, 5.74) is 2.99. The molecule has 5 nitrogen and oxygen atoms in total. The van der Waals surface area contributed by atoms with Crippen LogP contribution in [0.2, 0.25) is 0 Å².